The maximum absolute atomic E-state index is 12.4. The first-order valence-corrected chi connectivity index (χ1v) is 7.79. The Morgan fingerprint density at radius 3 is 1.95 bits per heavy atom. The Hall–Kier alpha value is -0.250. The van der Waals surface area contributed by atoms with Crippen LogP contribution in [0.1, 0.15) is 78.1 Å². The maximum atomic E-state index is 12.4. The topological polar surface area (TPSA) is 12.0 Å². The third-order valence-electron chi connectivity index (χ3n) is 3.32. The molecular weight excluding hydrogens is 251 g/mol. The molecule has 1 nitrogen and oxygen atoms in total. The molecule has 0 aromatic carbocycles. The van der Waals surface area contributed by atoms with Crippen molar-refractivity contribution in [1.82, 2.24) is 5.32 Å². The van der Waals surface area contributed by atoms with Gasteiger partial charge < -0.3 is 5.32 Å². The molecule has 0 radical (unpaired) electrons. The molecule has 0 spiro atoms. The maximum Gasteiger partial charge on any atom is 0.390 e. The van der Waals surface area contributed by atoms with E-state index < -0.39 is 18.6 Å². The molecule has 0 aliphatic carbocycles. The Kier molecular flexibility index (Phi) is 11.4. The van der Waals surface area contributed by atoms with Crippen molar-refractivity contribution in [2.24, 2.45) is 0 Å². The highest BCUT2D eigenvalue weighted by molar-refractivity contribution is 4.71. The average Bonchev–Trinajstić information content (AvgIpc) is 2.33. The van der Waals surface area contributed by atoms with Crippen LogP contribution in [0.4, 0.5) is 13.2 Å². The summed E-state index contributed by atoms with van der Waals surface area (Å²) in [7, 11) is 0. The zero-order valence-corrected chi connectivity index (χ0v) is 12.5. The summed E-state index contributed by atoms with van der Waals surface area (Å²) < 4.78 is 37.2. The van der Waals surface area contributed by atoms with Crippen LogP contribution in [0.15, 0.2) is 0 Å². The summed E-state index contributed by atoms with van der Waals surface area (Å²) in [6, 6.07) is -0.393. The van der Waals surface area contributed by atoms with Crippen molar-refractivity contribution in [1.29, 1.82) is 0 Å². The molecule has 116 valence electrons. The summed E-state index contributed by atoms with van der Waals surface area (Å²) in [4.78, 5) is 0. The van der Waals surface area contributed by atoms with E-state index in [1.54, 1.807) is 0 Å². The summed E-state index contributed by atoms with van der Waals surface area (Å²) in [6.45, 7) is 4.84. The molecule has 4 heteroatoms. The monoisotopic (exact) mass is 281 g/mol. The van der Waals surface area contributed by atoms with Crippen molar-refractivity contribution >= 4 is 0 Å². The minimum Gasteiger partial charge on any atom is -0.314 e. The molecule has 0 rings (SSSR count). The van der Waals surface area contributed by atoms with Crippen molar-refractivity contribution in [3.05, 3.63) is 0 Å². The van der Waals surface area contributed by atoms with Gasteiger partial charge in [-0.3, -0.25) is 0 Å². The highest BCUT2D eigenvalue weighted by atomic mass is 19.4. The third kappa shape index (κ3) is 14.0. The lowest BCUT2D eigenvalue weighted by Gasteiger charge is -2.20. The molecule has 19 heavy (non-hydrogen) atoms. The summed E-state index contributed by atoms with van der Waals surface area (Å²) in [6.07, 6.45) is 4.90. The Labute approximate surface area is 116 Å². The molecule has 0 aliphatic heterocycles. The van der Waals surface area contributed by atoms with E-state index >= 15 is 0 Å². The standard InChI is InChI=1S/C15H30F3N/c1-3-5-6-7-8-9-10-11-14(19-12-4-2)13-15(16,17)18/h14,19H,3-13H2,1-2H3. The fraction of sp³-hybridized carbons (Fsp3) is 1.00. The molecule has 1 unspecified atom stereocenters. The van der Waals surface area contributed by atoms with E-state index in [-0.39, 0.29) is 0 Å². The van der Waals surface area contributed by atoms with E-state index in [0.29, 0.717) is 13.0 Å². The van der Waals surface area contributed by atoms with Crippen LogP contribution in [0, 0.1) is 0 Å². The molecular formula is C15H30F3N. The molecule has 0 aliphatic rings. The van der Waals surface area contributed by atoms with Crippen molar-refractivity contribution in [2.45, 2.75) is 90.3 Å². The van der Waals surface area contributed by atoms with E-state index in [9.17, 15) is 13.2 Å². The summed E-state index contributed by atoms with van der Waals surface area (Å²) in [5.41, 5.74) is 0. The summed E-state index contributed by atoms with van der Waals surface area (Å²) in [5, 5.41) is 3.02. The van der Waals surface area contributed by atoms with Gasteiger partial charge in [0.05, 0.1) is 6.42 Å². The lowest BCUT2D eigenvalue weighted by Crippen LogP contribution is -2.34. The highest BCUT2D eigenvalue weighted by Gasteiger charge is 2.31. The lowest BCUT2D eigenvalue weighted by atomic mass is 10.0. The number of nitrogens with one attached hydrogen (secondary N) is 1. The van der Waals surface area contributed by atoms with Gasteiger partial charge in [0, 0.05) is 6.04 Å². The molecule has 0 aromatic heterocycles. The van der Waals surface area contributed by atoms with Crippen LogP contribution < -0.4 is 5.32 Å². The van der Waals surface area contributed by atoms with E-state index in [2.05, 4.69) is 12.2 Å². The van der Waals surface area contributed by atoms with Crippen LogP contribution in [-0.4, -0.2) is 18.8 Å². The normalized spacial score (nSPS) is 13.7. The van der Waals surface area contributed by atoms with Gasteiger partial charge in [-0.2, -0.15) is 13.2 Å². The zero-order valence-electron chi connectivity index (χ0n) is 12.5. The first-order chi connectivity index (χ1) is 8.99. The van der Waals surface area contributed by atoms with Crippen molar-refractivity contribution in [3.63, 3.8) is 0 Å². The average molecular weight is 281 g/mol. The Morgan fingerprint density at radius 1 is 0.842 bits per heavy atom. The van der Waals surface area contributed by atoms with Gasteiger partial charge >= 0.3 is 6.18 Å². The Bertz CT molecular complexity index is 192. The quantitative estimate of drug-likeness (QED) is 0.469. The second-order valence-corrected chi connectivity index (χ2v) is 5.38. The fourth-order valence-electron chi connectivity index (χ4n) is 2.25. The molecule has 0 saturated heterocycles. The Morgan fingerprint density at radius 2 is 1.42 bits per heavy atom. The second-order valence-electron chi connectivity index (χ2n) is 5.38. The molecule has 0 heterocycles. The molecule has 0 saturated carbocycles. The predicted molar refractivity (Wildman–Crippen MR) is 75.4 cm³/mol. The summed E-state index contributed by atoms with van der Waals surface area (Å²) in [5.74, 6) is 0. The Balaban J connectivity index is 3.67. The number of alkyl halides is 3. The van der Waals surface area contributed by atoms with Crippen LogP contribution in [0.3, 0.4) is 0 Å². The van der Waals surface area contributed by atoms with Gasteiger partial charge in [-0.1, -0.05) is 58.8 Å². The van der Waals surface area contributed by atoms with Crippen molar-refractivity contribution in [3.8, 4) is 0 Å². The van der Waals surface area contributed by atoms with Crippen LogP contribution in [0.2, 0.25) is 0 Å². The van der Waals surface area contributed by atoms with Gasteiger partial charge in [0.15, 0.2) is 0 Å². The minimum atomic E-state index is -4.05. The molecule has 0 amide bonds. The van der Waals surface area contributed by atoms with E-state index in [0.717, 1.165) is 25.7 Å². The number of hydrogen-bond acceptors (Lipinski definition) is 1. The van der Waals surface area contributed by atoms with Crippen LogP contribution in [-0.2, 0) is 0 Å². The lowest BCUT2D eigenvalue weighted by molar-refractivity contribution is -0.140. The minimum absolute atomic E-state index is 0.393. The highest BCUT2D eigenvalue weighted by Crippen LogP contribution is 2.24. The first-order valence-electron chi connectivity index (χ1n) is 7.79. The SMILES string of the molecule is CCCCCCCCCC(CC(F)(F)F)NCCC. The molecule has 0 aromatic rings. The van der Waals surface area contributed by atoms with Gasteiger partial charge in [-0.15, -0.1) is 0 Å². The van der Waals surface area contributed by atoms with Gasteiger partial charge in [0.2, 0.25) is 0 Å². The molecule has 0 bridgehead atoms. The van der Waals surface area contributed by atoms with Crippen molar-refractivity contribution in [2.75, 3.05) is 6.54 Å². The van der Waals surface area contributed by atoms with Gasteiger partial charge in [-0.25, -0.2) is 0 Å². The van der Waals surface area contributed by atoms with E-state index in [4.69, 9.17) is 0 Å². The fourth-order valence-corrected chi connectivity index (χ4v) is 2.25. The zero-order chi connectivity index (χ0) is 14.6. The number of rotatable bonds is 12. The first kappa shape index (κ1) is 18.8. The van der Waals surface area contributed by atoms with Crippen molar-refractivity contribution < 1.29 is 13.2 Å². The number of halogens is 3. The van der Waals surface area contributed by atoms with E-state index in [1.807, 2.05) is 6.92 Å². The third-order valence-corrected chi connectivity index (χ3v) is 3.32. The van der Waals surface area contributed by atoms with Gasteiger partial charge in [0.1, 0.15) is 0 Å². The molecule has 1 atom stereocenters. The number of hydrogen-bond donors (Lipinski definition) is 1. The molecule has 1 N–H and O–H groups in total. The van der Waals surface area contributed by atoms with E-state index in [1.165, 1.54) is 25.7 Å². The second kappa shape index (κ2) is 11.6. The van der Waals surface area contributed by atoms with Gasteiger partial charge in [-0.05, 0) is 19.4 Å². The van der Waals surface area contributed by atoms with Crippen LogP contribution >= 0.6 is 0 Å². The summed E-state index contributed by atoms with van der Waals surface area (Å²) >= 11 is 0. The van der Waals surface area contributed by atoms with Crippen LogP contribution in [0.25, 0.3) is 0 Å². The smallest absolute Gasteiger partial charge is 0.314 e. The van der Waals surface area contributed by atoms with Crippen LogP contribution in [0.5, 0.6) is 0 Å². The predicted octanol–water partition coefficient (Wildman–Crippen LogP) is 5.45. The van der Waals surface area contributed by atoms with Gasteiger partial charge in [0.25, 0.3) is 0 Å². The largest absolute Gasteiger partial charge is 0.390 e. The molecule has 0 fully saturated rings. The number of unbranched alkanes of at least 4 members (excludes halogenated alkanes) is 6.